The van der Waals surface area contributed by atoms with Crippen LogP contribution in [0, 0.1) is 0 Å². The molecular weight excluding hydrogens is 264 g/mol. The van der Waals surface area contributed by atoms with Crippen LogP contribution in [0.2, 0.25) is 0 Å². The molecule has 0 radical (unpaired) electrons. The maximum absolute atomic E-state index is 5.48. The minimum Gasteiger partial charge on any atom is -0.360 e. The molecule has 2 unspecified atom stereocenters. The summed E-state index contributed by atoms with van der Waals surface area (Å²) in [5.41, 5.74) is 1.08. The van der Waals surface area contributed by atoms with Gasteiger partial charge in [-0.05, 0) is 41.7 Å². The van der Waals surface area contributed by atoms with Crippen molar-refractivity contribution in [1.29, 1.82) is 0 Å². The molecule has 1 aliphatic rings. The maximum Gasteiger partial charge on any atom is 0.151 e. The summed E-state index contributed by atoms with van der Waals surface area (Å²) in [5.74, 6) is 0.963. The average molecular weight is 294 g/mol. The smallest absolute Gasteiger partial charge is 0.151 e. The van der Waals surface area contributed by atoms with Gasteiger partial charge in [0.25, 0.3) is 0 Å². The molecule has 1 aliphatic heterocycles. The quantitative estimate of drug-likeness (QED) is 0.921. The summed E-state index contributed by atoms with van der Waals surface area (Å²) < 4.78 is 5.48. The van der Waals surface area contributed by atoms with Gasteiger partial charge in [0, 0.05) is 43.3 Å². The molecular formula is C16H30N4O. The lowest BCUT2D eigenvalue weighted by Crippen LogP contribution is -2.54. The van der Waals surface area contributed by atoms with Crippen molar-refractivity contribution in [3.63, 3.8) is 0 Å². The topological polar surface area (TPSA) is 44.5 Å². The molecule has 1 fully saturated rings. The van der Waals surface area contributed by atoms with E-state index in [4.69, 9.17) is 4.52 Å². The van der Waals surface area contributed by atoms with E-state index in [0.717, 1.165) is 37.6 Å². The van der Waals surface area contributed by atoms with Crippen LogP contribution in [0.4, 0.5) is 0 Å². The van der Waals surface area contributed by atoms with Crippen molar-refractivity contribution in [2.75, 3.05) is 20.1 Å². The first-order chi connectivity index (χ1) is 9.74. The van der Waals surface area contributed by atoms with Gasteiger partial charge in [-0.1, -0.05) is 5.16 Å². The van der Waals surface area contributed by atoms with Gasteiger partial charge in [0.15, 0.2) is 5.76 Å². The van der Waals surface area contributed by atoms with Crippen LogP contribution in [0.5, 0.6) is 0 Å². The largest absolute Gasteiger partial charge is 0.360 e. The molecule has 0 saturated carbocycles. The monoisotopic (exact) mass is 294 g/mol. The molecule has 1 aromatic rings. The van der Waals surface area contributed by atoms with E-state index in [1.54, 1.807) is 0 Å². The van der Waals surface area contributed by atoms with Crippen LogP contribution in [0.1, 0.15) is 46.1 Å². The minimum absolute atomic E-state index is 0.0986. The Kier molecular flexibility index (Phi) is 5.07. The third-order valence-corrected chi connectivity index (χ3v) is 4.22. The van der Waals surface area contributed by atoms with E-state index in [9.17, 15) is 0 Å². The highest BCUT2D eigenvalue weighted by atomic mass is 16.5. The summed E-state index contributed by atoms with van der Waals surface area (Å²) in [6.07, 6.45) is 0. The molecule has 1 saturated heterocycles. The van der Waals surface area contributed by atoms with Crippen LogP contribution in [-0.2, 0) is 13.1 Å². The van der Waals surface area contributed by atoms with Gasteiger partial charge >= 0.3 is 0 Å². The van der Waals surface area contributed by atoms with E-state index in [1.807, 2.05) is 0 Å². The van der Waals surface area contributed by atoms with Gasteiger partial charge in [0.05, 0.1) is 12.2 Å². The predicted molar refractivity (Wildman–Crippen MR) is 85.1 cm³/mol. The van der Waals surface area contributed by atoms with Gasteiger partial charge in [0.2, 0.25) is 0 Å². The van der Waals surface area contributed by atoms with E-state index in [0.29, 0.717) is 12.1 Å². The molecule has 5 nitrogen and oxygen atoms in total. The zero-order valence-corrected chi connectivity index (χ0v) is 14.3. The maximum atomic E-state index is 5.48. The van der Waals surface area contributed by atoms with Crippen molar-refractivity contribution >= 4 is 0 Å². The molecule has 0 spiro atoms. The Bertz CT molecular complexity index is 439. The van der Waals surface area contributed by atoms with Gasteiger partial charge in [-0.15, -0.1) is 0 Å². The number of rotatable bonds is 4. The van der Waals surface area contributed by atoms with Gasteiger partial charge in [-0.25, -0.2) is 0 Å². The number of hydrogen-bond donors (Lipinski definition) is 1. The zero-order chi connectivity index (χ0) is 15.6. The van der Waals surface area contributed by atoms with Gasteiger partial charge in [0.1, 0.15) is 0 Å². The third-order valence-electron chi connectivity index (χ3n) is 4.22. The lowest BCUT2D eigenvalue weighted by molar-refractivity contribution is 0.0506. The molecule has 5 heteroatoms. The van der Waals surface area contributed by atoms with E-state index >= 15 is 0 Å². The van der Waals surface area contributed by atoms with Crippen molar-refractivity contribution in [1.82, 2.24) is 20.3 Å². The van der Waals surface area contributed by atoms with Crippen LogP contribution in [-0.4, -0.2) is 52.7 Å². The third kappa shape index (κ3) is 4.80. The molecule has 0 amide bonds. The molecule has 21 heavy (non-hydrogen) atoms. The first kappa shape index (κ1) is 16.5. The summed E-state index contributed by atoms with van der Waals surface area (Å²) in [6, 6.07) is 3.24. The van der Waals surface area contributed by atoms with E-state index < -0.39 is 0 Å². The van der Waals surface area contributed by atoms with Gasteiger partial charge < -0.3 is 9.84 Å². The zero-order valence-electron chi connectivity index (χ0n) is 14.3. The summed E-state index contributed by atoms with van der Waals surface area (Å²) in [6.45, 7) is 14.8. The lowest BCUT2D eigenvalue weighted by Gasteiger charge is -2.42. The minimum atomic E-state index is 0.0986. The summed E-state index contributed by atoms with van der Waals surface area (Å²) in [7, 11) is 2.21. The van der Waals surface area contributed by atoms with Crippen molar-refractivity contribution < 1.29 is 4.52 Å². The number of nitrogens with one attached hydrogen (secondary N) is 1. The number of likely N-dealkylation sites (N-methyl/N-ethyl adjacent to an activating group) is 1. The fourth-order valence-electron chi connectivity index (χ4n) is 2.73. The average Bonchev–Trinajstić information content (AvgIpc) is 2.80. The molecule has 2 atom stereocenters. The van der Waals surface area contributed by atoms with E-state index in [2.05, 4.69) is 68.0 Å². The Labute approximate surface area is 128 Å². The van der Waals surface area contributed by atoms with Gasteiger partial charge in [-0.3, -0.25) is 9.80 Å². The normalized spacial score (nSPS) is 25.4. The number of hydrogen-bond acceptors (Lipinski definition) is 5. The first-order valence-corrected chi connectivity index (χ1v) is 7.88. The summed E-state index contributed by atoms with van der Waals surface area (Å²) in [5, 5.41) is 7.60. The molecule has 2 rings (SSSR count). The number of nitrogens with zero attached hydrogens (tertiary/aromatic N) is 3. The summed E-state index contributed by atoms with van der Waals surface area (Å²) in [4.78, 5) is 4.90. The highest BCUT2D eigenvalue weighted by Gasteiger charge is 2.27. The predicted octanol–water partition coefficient (Wildman–Crippen LogP) is 2.09. The highest BCUT2D eigenvalue weighted by Crippen LogP contribution is 2.16. The second-order valence-corrected chi connectivity index (χ2v) is 7.45. The molecule has 0 bridgehead atoms. The second kappa shape index (κ2) is 6.46. The van der Waals surface area contributed by atoms with Crippen LogP contribution in [0.3, 0.4) is 0 Å². The van der Waals surface area contributed by atoms with E-state index in [-0.39, 0.29) is 5.54 Å². The van der Waals surface area contributed by atoms with Crippen molar-refractivity contribution in [2.45, 2.75) is 65.3 Å². The number of piperazine rings is 1. The first-order valence-electron chi connectivity index (χ1n) is 7.88. The molecule has 1 N–H and O–H groups in total. The van der Waals surface area contributed by atoms with Crippen molar-refractivity contribution in [2.24, 2.45) is 0 Å². The second-order valence-electron chi connectivity index (χ2n) is 7.45. The lowest BCUT2D eigenvalue weighted by atomic mass is 10.1. The Morgan fingerprint density at radius 2 is 1.90 bits per heavy atom. The Morgan fingerprint density at radius 3 is 2.48 bits per heavy atom. The Balaban J connectivity index is 1.88. The van der Waals surface area contributed by atoms with Crippen LogP contribution < -0.4 is 5.32 Å². The van der Waals surface area contributed by atoms with Crippen molar-refractivity contribution in [3.05, 3.63) is 17.5 Å². The number of aromatic nitrogens is 1. The fourth-order valence-corrected chi connectivity index (χ4v) is 2.73. The highest BCUT2D eigenvalue weighted by molar-refractivity contribution is 5.06. The standard InChI is InChI=1S/C16H30N4O/c1-12-9-20(10-13(2)19(12)6)11-15-7-14(18-21-15)8-17-16(3,4)5/h7,12-13,17H,8-11H2,1-6H3. The Hall–Kier alpha value is -0.910. The molecule has 120 valence electrons. The van der Waals surface area contributed by atoms with Crippen LogP contribution in [0.15, 0.2) is 10.6 Å². The molecule has 1 aromatic heterocycles. The SMILES string of the molecule is CC1CN(Cc2cc(CNC(C)(C)C)no2)CC(C)N1C. The van der Waals surface area contributed by atoms with Crippen LogP contribution in [0.25, 0.3) is 0 Å². The molecule has 0 aliphatic carbocycles. The fraction of sp³-hybridized carbons (Fsp3) is 0.812. The van der Waals surface area contributed by atoms with Crippen LogP contribution >= 0.6 is 0 Å². The van der Waals surface area contributed by atoms with Crippen molar-refractivity contribution in [3.8, 4) is 0 Å². The molecule has 2 heterocycles. The summed E-state index contributed by atoms with van der Waals surface area (Å²) >= 11 is 0. The van der Waals surface area contributed by atoms with Gasteiger partial charge in [-0.2, -0.15) is 0 Å². The van der Waals surface area contributed by atoms with E-state index in [1.165, 1.54) is 0 Å². The molecule has 0 aromatic carbocycles. The Morgan fingerprint density at radius 1 is 1.29 bits per heavy atom.